The molecule has 1 amide bonds. The molecule has 0 unspecified atom stereocenters. The highest BCUT2D eigenvalue weighted by molar-refractivity contribution is 5.94. The van der Waals surface area contributed by atoms with Crippen molar-refractivity contribution in [3.8, 4) is 11.5 Å². The van der Waals surface area contributed by atoms with Crippen LogP contribution in [0.25, 0.3) is 0 Å². The van der Waals surface area contributed by atoms with Gasteiger partial charge in [-0.1, -0.05) is 36.8 Å². The molecule has 0 bridgehead atoms. The normalized spacial score (nSPS) is 17.9. The largest absolute Gasteiger partial charge is 0.494 e. The number of piperidine rings is 1. The summed E-state index contributed by atoms with van der Waals surface area (Å²) in [6.45, 7) is 6.48. The number of carbonyl (C=O) groups excluding carboxylic acids is 1. The Balaban J connectivity index is 1.25. The summed E-state index contributed by atoms with van der Waals surface area (Å²) < 4.78 is 12.3. The van der Waals surface area contributed by atoms with Crippen molar-refractivity contribution in [1.82, 2.24) is 19.7 Å². The molecule has 0 radical (unpaired) electrons. The summed E-state index contributed by atoms with van der Waals surface area (Å²) in [6, 6.07) is 22.3. The molecular weight excluding hydrogens is 536 g/mol. The average Bonchev–Trinajstić information content (AvgIpc) is 3.02. The van der Waals surface area contributed by atoms with Gasteiger partial charge in [0.1, 0.15) is 18.1 Å². The number of ether oxygens (including phenoxy) is 2. The van der Waals surface area contributed by atoms with E-state index in [2.05, 4.69) is 70.2 Å². The summed E-state index contributed by atoms with van der Waals surface area (Å²) in [6.07, 6.45) is 9.39. The van der Waals surface area contributed by atoms with Gasteiger partial charge in [-0.25, -0.2) is 0 Å². The summed E-state index contributed by atoms with van der Waals surface area (Å²) in [5, 5.41) is 0. The molecule has 3 heterocycles. The highest BCUT2D eigenvalue weighted by atomic mass is 16.5. The van der Waals surface area contributed by atoms with Gasteiger partial charge in [-0.2, -0.15) is 0 Å². The number of rotatable bonds is 8. The highest BCUT2D eigenvalue weighted by Gasteiger charge is 2.37. The van der Waals surface area contributed by atoms with Crippen molar-refractivity contribution in [2.75, 3.05) is 60.0 Å². The molecule has 0 aliphatic carbocycles. The summed E-state index contributed by atoms with van der Waals surface area (Å²) in [7, 11) is 4.13. The van der Waals surface area contributed by atoms with E-state index in [1.807, 2.05) is 36.5 Å². The Hall–Kier alpha value is -3.42. The molecule has 1 fully saturated rings. The van der Waals surface area contributed by atoms with E-state index in [0.717, 1.165) is 88.6 Å². The molecule has 3 aromatic rings. The minimum Gasteiger partial charge on any atom is -0.494 e. The van der Waals surface area contributed by atoms with Gasteiger partial charge in [0.25, 0.3) is 5.91 Å². The quantitative estimate of drug-likeness (QED) is 0.306. The number of hydrogen-bond acceptors (Lipinski definition) is 6. The van der Waals surface area contributed by atoms with Gasteiger partial charge >= 0.3 is 0 Å². The monoisotopic (exact) mass is 584 g/mol. The average molecular weight is 585 g/mol. The molecule has 2 aliphatic heterocycles. The lowest BCUT2D eigenvalue weighted by Gasteiger charge is -2.45. The number of aromatic nitrogens is 1. The summed E-state index contributed by atoms with van der Waals surface area (Å²) >= 11 is 0. The molecule has 7 heteroatoms. The van der Waals surface area contributed by atoms with Crippen LogP contribution < -0.4 is 9.47 Å². The van der Waals surface area contributed by atoms with E-state index in [-0.39, 0.29) is 11.3 Å². The van der Waals surface area contributed by atoms with Crippen LogP contribution >= 0.6 is 0 Å². The van der Waals surface area contributed by atoms with Gasteiger partial charge in [-0.05, 0) is 100.0 Å². The molecule has 0 N–H and O–H groups in total. The van der Waals surface area contributed by atoms with Crippen molar-refractivity contribution in [3.63, 3.8) is 0 Å². The Labute approximate surface area is 257 Å². The van der Waals surface area contributed by atoms with Gasteiger partial charge in [0.15, 0.2) is 0 Å². The fourth-order valence-corrected chi connectivity index (χ4v) is 6.50. The second-order valence-corrected chi connectivity index (χ2v) is 12.5. The molecule has 2 aromatic carbocycles. The zero-order valence-electron chi connectivity index (χ0n) is 26.0. The van der Waals surface area contributed by atoms with Crippen molar-refractivity contribution < 1.29 is 14.3 Å². The Morgan fingerprint density at radius 1 is 0.977 bits per heavy atom. The van der Waals surface area contributed by atoms with E-state index in [1.54, 1.807) is 0 Å². The number of para-hydroxylation sites is 1. The molecule has 7 nitrogen and oxygen atoms in total. The lowest BCUT2D eigenvalue weighted by Crippen LogP contribution is -2.48. The topological polar surface area (TPSA) is 58.1 Å². The molecule has 0 saturated carbocycles. The highest BCUT2D eigenvalue weighted by Crippen LogP contribution is 2.39. The lowest BCUT2D eigenvalue weighted by atomic mass is 9.73. The van der Waals surface area contributed by atoms with Crippen molar-refractivity contribution in [1.29, 1.82) is 0 Å². The maximum Gasteiger partial charge on any atom is 0.253 e. The van der Waals surface area contributed by atoms with Gasteiger partial charge in [0, 0.05) is 51.0 Å². The number of amides is 1. The fourth-order valence-electron chi connectivity index (χ4n) is 6.50. The first-order valence-electron chi connectivity index (χ1n) is 16.0. The minimum atomic E-state index is 0.108. The smallest absolute Gasteiger partial charge is 0.253 e. The minimum absolute atomic E-state index is 0.108. The zero-order chi connectivity index (χ0) is 29.9. The van der Waals surface area contributed by atoms with Crippen LogP contribution in [0.5, 0.6) is 11.5 Å². The molecule has 5 rings (SSSR count). The second-order valence-electron chi connectivity index (χ2n) is 12.5. The van der Waals surface area contributed by atoms with Crippen LogP contribution in [-0.2, 0) is 13.0 Å². The van der Waals surface area contributed by atoms with E-state index in [9.17, 15) is 4.79 Å². The number of aryl methyl sites for hydroxylation is 1. The fraction of sp³-hybridized carbons (Fsp3) is 0.500. The molecule has 1 saturated heterocycles. The lowest BCUT2D eigenvalue weighted by molar-refractivity contribution is 0.0358. The van der Waals surface area contributed by atoms with E-state index in [4.69, 9.17) is 9.47 Å². The number of fused-ring (bicyclic) bond motifs is 1. The molecule has 1 aromatic heterocycles. The van der Waals surface area contributed by atoms with Gasteiger partial charge in [-0.3, -0.25) is 14.7 Å². The van der Waals surface area contributed by atoms with E-state index >= 15 is 0 Å². The number of carbonyl (C=O) groups is 1. The van der Waals surface area contributed by atoms with E-state index in [0.29, 0.717) is 18.8 Å². The number of likely N-dealkylation sites (tertiary alicyclic amines) is 1. The number of pyridine rings is 1. The first-order chi connectivity index (χ1) is 21.0. The van der Waals surface area contributed by atoms with Gasteiger partial charge < -0.3 is 19.3 Å². The third-order valence-electron chi connectivity index (χ3n) is 8.92. The van der Waals surface area contributed by atoms with Gasteiger partial charge in [-0.15, -0.1) is 0 Å². The van der Waals surface area contributed by atoms with Crippen LogP contribution in [0, 0.1) is 5.41 Å². The SMILES string of the molecule is CN(C)CCCOc1cccc(C(=O)N2CCC3(CCCCc4ccccc4OCCN(Cc4ccccn4)C3)CC2)c1. The van der Waals surface area contributed by atoms with Crippen LogP contribution in [0.4, 0.5) is 0 Å². The van der Waals surface area contributed by atoms with Crippen LogP contribution in [0.15, 0.2) is 72.9 Å². The molecule has 43 heavy (non-hydrogen) atoms. The van der Waals surface area contributed by atoms with E-state index in [1.165, 1.54) is 18.4 Å². The first kappa shape index (κ1) is 31.0. The summed E-state index contributed by atoms with van der Waals surface area (Å²) in [5.74, 6) is 1.90. The van der Waals surface area contributed by atoms with Crippen molar-refractivity contribution >= 4 is 5.91 Å². The summed E-state index contributed by atoms with van der Waals surface area (Å²) in [5.41, 5.74) is 3.27. The van der Waals surface area contributed by atoms with Crippen molar-refractivity contribution in [2.45, 2.75) is 51.5 Å². The maximum atomic E-state index is 13.6. The predicted octanol–water partition coefficient (Wildman–Crippen LogP) is 5.94. The first-order valence-corrected chi connectivity index (χ1v) is 16.0. The molecule has 2 aliphatic rings. The van der Waals surface area contributed by atoms with Crippen LogP contribution in [0.3, 0.4) is 0 Å². The maximum absolute atomic E-state index is 13.6. The van der Waals surface area contributed by atoms with Crippen LogP contribution in [0.2, 0.25) is 0 Å². The third-order valence-corrected chi connectivity index (χ3v) is 8.92. The van der Waals surface area contributed by atoms with Gasteiger partial charge in [0.05, 0.1) is 12.3 Å². The number of nitrogens with zero attached hydrogens (tertiary/aromatic N) is 4. The predicted molar refractivity (Wildman–Crippen MR) is 172 cm³/mol. The van der Waals surface area contributed by atoms with E-state index < -0.39 is 0 Å². The Kier molecular flexibility index (Phi) is 11.1. The molecule has 0 atom stereocenters. The second kappa shape index (κ2) is 15.3. The Bertz CT molecular complexity index is 1290. The van der Waals surface area contributed by atoms with Crippen LogP contribution in [0.1, 0.15) is 60.1 Å². The Morgan fingerprint density at radius 2 is 1.81 bits per heavy atom. The van der Waals surface area contributed by atoms with Crippen molar-refractivity contribution in [2.24, 2.45) is 5.41 Å². The van der Waals surface area contributed by atoms with Gasteiger partial charge in [0.2, 0.25) is 0 Å². The standard InChI is InChI=1S/C36H48N4O3/c1-38(2)21-10-25-42-33-15-9-13-31(27-33)35(41)40-22-18-36(19-23-40)17-7-5-12-30-11-3-4-16-34(30)43-26-24-39(29-36)28-32-14-6-8-20-37-32/h3-4,6,8-9,11,13-16,20,27H,5,7,10,12,17-19,21-26,28-29H2,1-2H3. The van der Waals surface area contributed by atoms with Crippen LogP contribution in [-0.4, -0.2) is 85.6 Å². The summed E-state index contributed by atoms with van der Waals surface area (Å²) in [4.78, 5) is 25.0. The number of benzene rings is 2. The molecular formula is C36H48N4O3. The van der Waals surface area contributed by atoms with Crippen molar-refractivity contribution in [3.05, 3.63) is 89.7 Å². The molecule has 1 spiro atoms. The molecule has 230 valence electrons. The zero-order valence-corrected chi connectivity index (χ0v) is 26.0. The Morgan fingerprint density at radius 3 is 2.63 bits per heavy atom. The number of hydrogen-bond donors (Lipinski definition) is 0. The third kappa shape index (κ3) is 9.04.